The molecule has 0 aliphatic heterocycles. The Kier molecular flexibility index (Phi) is 1.19. The number of hydrogen-bond acceptors (Lipinski definition) is 0. The molecule has 2 atom stereocenters. The quantitative estimate of drug-likeness (QED) is 0.543. The van der Waals surface area contributed by atoms with E-state index in [2.05, 4.69) is 25.1 Å². The fourth-order valence-corrected chi connectivity index (χ4v) is 3.14. The summed E-state index contributed by atoms with van der Waals surface area (Å²) in [5, 5.41) is 0. The zero-order valence-corrected chi connectivity index (χ0v) is 7.51. The van der Waals surface area contributed by atoms with Gasteiger partial charge in [-0.3, -0.25) is 0 Å². The van der Waals surface area contributed by atoms with Crippen molar-refractivity contribution in [1.29, 1.82) is 0 Å². The van der Waals surface area contributed by atoms with Crippen LogP contribution in [0.1, 0.15) is 47.8 Å². The highest BCUT2D eigenvalue weighted by atomic mass is 14.4. The molecule has 1 saturated carbocycles. The molecule has 0 nitrogen and oxygen atoms in total. The van der Waals surface area contributed by atoms with Gasteiger partial charge in [-0.15, -0.1) is 0 Å². The summed E-state index contributed by atoms with van der Waals surface area (Å²) in [4.78, 5) is 0. The van der Waals surface area contributed by atoms with Crippen LogP contribution in [0.2, 0.25) is 0 Å². The van der Waals surface area contributed by atoms with Crippen molar-refractivity contribution in [1.82, 2.24) is 0 Å². The molecule has 0 aromatic heterocycles. The fourth-order valence-electron chi connectivity index (χ4n) is 3.14. The van der Waals surface area contributed by atoms with Crippen LogP contribution in [0.3, 0.4) is 0 Å². The van der Waals surface area contributed by atoms with Crippen molar-refractivity contribution in [3.05, 3.63) is 34.9 Å². The Labute approximate surface area is 73.6 Å². The molecule has 0 radical (unpaired) electrons. The maximum atomic E-state index is 2.34. The molecule has 3 rings (SSSR count). The summed E-state index contributed by atoms with van der Waals surface area (Å²) in [6, 6.07) is 6.82. The highest BCUT2D eigenvalue weighted by Crippen LogP contribution is 2.53. The molecule has 2 aliphatic rings. The Morgan fingerprint density at radius 1 is 1.17 bits per heavy atom. The minimum Gasteiger partial charge on any atom is -0.0617 e. The van der Waals surface area contributed by atoms with Gasteiger partial charge in [0.1, 0.15) is 0 Å². The van der Waals surface area contributed by atoms with E-state index < -0.39 is 0 Å². The maximum absolute atomic E-state index is 2.34. The van der Waals surface area contributed by atoms with Crippen molar-refractivity contribution in [2.24, 2.45) is 0 Å². The van der Waals surface area contributed by atoms with Crippen LogP contribution in [-0.2, 0) is 0 Å². The van der Waals surface area contributed by atoms with Gasteiger partial charge in [0.25, 0.3) is 0 Å². The van der Waals surface area contributed by atoms with E-state index in [9.17, 15) is 0 Å². The summed E-state index contributed by atoms with van der Waals surface area (Å²) in [6.07, 6.45) is 4.34. The van der Waals surface area contributed by atoms with Crippen LogP contribution in [-0.4, -0.2) is 0 Å². The normalized spacial score (nSPS) is 30.8. The molecule has 0 spiro atoms. The maximum Gasteiger partial charge on any atom is -0.0150 e. The molecular formula is C12H14. The summed E-state index contributed by atoms with van der Waals surface area (Å²) < 4.78 is 0. The lowest BCUT2D eigenvalue weighted by atomic mass is 9.89. The standard InChI is InChI=1S/C12H14/c1-8-3-2-4-11-9-5-6-10(7-9)12(8)11/h2-4,9-10H,5-7H2,1H3/t9-,10+/m0/s1. The predicted octanol–water partition coefficient (Wildman–Crippen LogP) is 3.36. The summed E-state index contributed by atoms with van der Waals surface area (Å²) in [5.41, 5.74) is 4.90. The van der Waals surface area contributed by atoms with Crippen molar-refractivity contribution in [3.63, 3.8) is 0 Å². The summed E-state index contributed by atoms with van der Waals surface area (Å²) >= 11 is 0. The van der Waals surface area contributed by atoms with E-state index >= 15 is 0 Å². The van der Waals surface area contributed by atoms with E-state index in [1.807, 2.05) is 0 Å². The molecule has 2 bridgehead atoms. The predicted molar refractivity (Wildman–Crippen MR) is 50.5 cm³/mol. The second-order valence-corrected chi connectivity index (χ2v) is 4.28. The Hall–Kier alpha value is -0.780. The molecule has 1 aromatic rings. The molecule has 1 aromatic carbocycles. The van der Waals surface area contributed by atoms with E-state index in [1.165, 1.54) is 24.8 Å². The van der Waals surface area contributed by atoms with Gasteiger partial charge in [-0.25, -0.2) is 0 Å². The molecule has 2 aliphatic carbocycles. The van der Waals surface area contributed by atoms with Crippen LogP contribution in [0.15, 0.2) is 18.2 Å². The first-order valence-electron chi connectivity index (χ1n) is 4.95. The molecular weight excluding hydrogens is 144 g/mol. The number of rotatable bonds is 0. The Morgan fingerprint density at radius 3 is 2.83 bits per heavy atom. The van der Waals surface area contributed by atoms with Gasteiger partial charge in [0.15, 0.2) is 0 Å². The highest BCUT2D eigenvalue weighted by Gasteiger charge is 2.37. The van der Waals surface area contributed by atoms with Crippen LogP contribution in [0, 0.1) is 6.92 Å². The van der Waals surface area contributed by atoms with Crippen LogP contribution >= 0.6 is 0 Å². The first-order valence-corrected chi connectivity index (χ1v) is 4.95. The largest absolute Gasteiger partial charge is 0.0617 e. The van der Waals surface area contributed by atoms with Crippen molar-refractivity contribution in [3.8, 4) is 0 Å². The second kappa shape index (κ2) is 2.12. The molecule has 0 heteroatoms. The number of hydrogen-bond donors (Lipinski definition) is 0. The van der Waals surface area contributed by atoms with E-state index in [-0.39, 0.29) is 0 Å². The highest BCUT2D eigenvalue weighted by molar-refractivity contribution is 5.45. The van der Waals surface area contributed by atoms with Gasteiger partial charge in [0, 0.05) is 0 Å². The zero-order valence-electron chi connectivity index (χ0n) is 7.51. The van der Waals surface area contributed by atoms with Gasteiger partial charge in [-0.2, -0.15) is 0 Å². The minimum atomic E-state index is 0.921. The van der Waals surface area contributed by atoms with Crippen molar-refractivity contribution in [2.75, 3.05) is 0 Å². The third-order valence-corrected chi connectivity index (χ3v) is 3.64. The fraction of sp³-hybridized carbons (Fsp3) is 0.500. The average Bonchev–Trinajstić information content (AvgIpc) is 2.64. The monoisotopic (exact) mass is 158 g/mol. The van der Waals surface area contributed by atoms with E-state index in [0.717, 1.165) is 11.8 Å². The molecule has 0 N–H and O–H groups in total. The first kappa shape index (κ1) is 6.71. The van der Waals surface area contributed by atoms with Gasteiger partial charge < -0.3 is 0 Å². The van der Waals surface area contributed by atoms with Crippen molar-refractivity contribution in [2.45, 2.75) is 38.0 Å². The molecule has 0 heterocycles. The van der Waals surface area contributed by atoms with Gasteiger partial charge in [0.2, 0.25) is 0 Å². The number of fused-ring (bicyclic) bond motifs is 5. The van der Waals surface area contributed by atoms with Crippen molar-refractivity contribution >= 4 is 0 Å². The molecule has 12 heavy (non-hydrogen) atoms. The van der Waals surface area contributed by atoms with Crippen LogP contribution in [0.5, 0.6) is 0 Å². The van der Waals surface area contributed by atoms with Crippen LogP contribution in [0.25, 0.3) is 0 Å². The third-order valence-electron chi connectivity index (χ3n) is 3.64. The van der Waals surface area contributed by atoms with E-state index in [4.69, 9.17) is 0 Å². The van der Waals surface area contributed by atoms with Crippen LogP contribution in [0.4, 0.5) is 0 Å². The van der Waals surface area contributed by atoms with Gasteiger partial charge in [-0.05, 0) is 54.7 Å². The van der Waals surface area contributed by atoms with Gasteiger partial charge in [0.05, 0.1) is 0 Å². The van der Waals surface area contributed by atoms with Crippen LogP contribution < -0.4 is 0 Å². The lowest BCUT2D eigenvalue weighted by Gasteiger charge is -2.16. The molecule has 0 amide bonds. The summed E-state index contributed by atoms with van der Waals surface area (Å²) in [5.74, 6) is 1.84. The minimum absolute atomic E-state index is 0.921. The Bertz CT molecular complexity index is 325. The van der Waals surface area contributed by atoms with Gasteiger partial charge >= 0.3 is 0 Å². The third kappa shape index (κ3) is 0.682. The second-order valence-electron chi connectivity index (χ2n) is 4.28. The first-order chi connectivity index (χ1) is 5.86. The molecule has 0 unspecified atom stereocenters. The summed E-state index contributed by atoms with van der Waals surface area (Å²) in [7, 11) is 0. The SMILES string of the molecule is Cc1cccc2c1[C@@H]1CC[C@H]2C1. The van der Waals surface area contributed by atoms with E-state index in [1.54, 1.807) is 11.1 Å². The number of benzene rings is 1. The van der Waals surface area contributed by atoms with Crippen molar-refractivity contribution < 1.29 is 0 Å². The lowest BCUT2D eigenvalue weighted by Crippen LogP contribution is -1.99. The zero-order chi connectivity index (χ0) is 8.13. The smallest absolute Gasteiger partial charge is 0.0150 e. The molecule has 0 saturated heterocycles. The summed E-state index contributed by atoms with van der Waals surface area (Å²) in [6.45, 7) is 2.26. The van der Waals surface area contributed by atoms with Gasteiger partial charge in [-0.1, -0.05) is 18.2 Å². The Morgan fingerprint density at radius 2 is 2.00 bits per heavy atom. The number of aryl methyl sites for hydroxylation is 1. The lowest BCUT2D eigenvalue weighted by molar-refractivity contribution is 0.713. The Balaban J connectivity index is 2.26. The van der Waals surface area contributed by atoms with E-state index in [0.29, 0.717) is 0 Å². The topological polar surface area (TPSA) is 0 Å². The molecule has 1 fully saturated rings. The average molecular weight is 158 g/mol. The molecule has 62 valence electrons.